The molecule has 1 atom stereocenters. The Bertz CT molecular complexity index is 392. The third kappa shape index (κ3) is 3.55. The van der Waals surface area contributed by atoms with Crippen LogP contribution < -0.4 is 0 Å². The average Bonchev–Trinajstić information content (AvgIpc) is 2.30. The van der Waals surface area contributed by atoms with E-state index in [4.69, 9.17) is 5.11 Å². The standard InChI is InChI=1S/C12H16N2O3/c1-3-10(12(16)17)11(15)14(2)8-9-5-4-6-13-7-9/h4-7,10H,3,8H2,1-2H3,(H,16,17). The van der Waals surface area contributed by atoms with Crippen molar-refractivity contribution in [1.82, 2.24) is 9.88 Å². The van der Waals surface area contributed by atoms with E-state index in [1.807, 2.05) is 6.07 Å². The molecule has 0 bridgehead atoms. The van der Waals surface area contributed by atoms with Crippen LogP contribution in [0.2, 0.25) is 0 Å². The largest absolute Gasteiger partial charge is 0.481 e. The van der Waals surface area contributed by atoms with Gasteiger partial charge in [-0.25, -0.2) is 0 Å². The summed E-state index contributed by atoms with van der Waals surface area (Å²) in [6.07, 6.45) is 3.61. The summed E-state index contributed by atoms with van der Waals surface area (Å²) in [5, 5.41) is 8.90. The molecule has 0 aliphatic heterocycles. The van der Waals surface area contributed by atoms with Crippen molar-refractivity contribution in [2.75, 3.05) is 7.05 Å². The number of aliphatic carboxylic acids is 1. The molecule has 1 heterocycles. The first-order chi connectivity index (χ1) is 8.06. The van der Waals surface area contributed by atoms with Crippen LogP contribution in [0.3, 0.4) is 0 Å². The van der Waals surface area contributed by atoms with Crippen LogP contribution in [-0.2, 0) is 16.1 Å². The van der Waals surface area contributed by atoms with Gasteiger partial charge in [0.15, 0.2) is 0 Å². The quantitative estimate of drug-likeness (QED) is 0.778. The Labute approximate surface area is 100 Å². The van der Waals surface area contributed by atoms with Crippen LogP contribution in [0.15, 0.2) is 24.5 Å². The van der Waals surface area contributed by atoms with Crippen LogP contribution in [0.1, 0.15) is 18.9 Å². The molecule has 1 unspecified atom stereocenters. The zero-order valence-corrected chi connectivity index (χ0v) is 9.96. The molecule has 0 aliphatic rings. The highest BCUT2D eigenvalue weighted by Gasteiger charge is 2.26. The second kappa shape index (κ2) is 5.98. The molecule has 1 N–H and O–H groups in total. The van der Waals surface area contributed by atoms with Crippen molar-refractivity contribution in [3.63, 3.8) is 0 Å². The first-order valence-electron chi connectivity index (χ1n) is 5.43. The van der Waals surface area contributed by atoms with Crippen LogP contribution in [0.4, 0.5) is 0 Å². The maximum Gasteiger partial charge on any atom is 0.316 e. The summed E-state index contributed by atoms with van der Waals surface area (Å²) >= 11 is 0. The Kier molecular flexibility index (Phi) is 4.63. The van der Waals surface area contributed by atoms with E-state index in [2.05, 4.69) is 4.98 Å². The number of carbonyl (C=O) groups is 2. The molecule has 1 aromatic rings. The molecule has 0 fully saturated rings. The lowest BCUT2D eigenvalue weighted by Gasteiger charge is -2.20. The summed E-state index contributed by atoms with van der Waals surface area (Å²) in [5.41, 5.74) is 0.878. The van der Waals surface area contributed by atoms with Crippen molar-refractivity contribution in [1.29, 1.82) is 0 Å². The van der Waals surface area contributed by atoms with E-state index in [1.54, 1.807) is 32.4 Å². The first-order valence-corrected chi connectivity index (χ1v) is 5.43. The number of carboxylic acid groups (broad SMARTS) is 1. The molecule has 0 aliphatic carbocycles. The van der Waals surface area contributed by atoms with Crippen LogP contribution in [0, 0.1) is 5.92 Å². The number of carboxylic acids is 1. The monoisotopic (exact) mass is 236 g/mol. The molecule has 0 aromatic carbocycles. The van der Waals surface area contributed by atoms with E-state index in [1.165, 1.54) is 4.90 Å². The minimum Gasteiger partial charge on any atom is -0.481 e. The van der Waals surface area contributed by atoms with Crippen LogP contribution in [-0.4, -0.2) is 33.9 Å². The highest BCUT2D eigenvalue weighted by molar-refractivity contribution is 5.96. The van der Waals surface area contributed by atoms with E-state index in [9.17, 15) is 9.59 Å². The van der Waals surface area contributed by atoms with Crippen molar-refractivity contribution < 1.29 is 14.7 Å². The highest BCUT2D eigenvalue weighted by Crippen LogP contribution is 2.10. The predicted molar refractivity (Wildman–Crippen MR) is 62.1 cm³/mol. The Hall–Kier alpha value is -1.91. The fourth-order valence-electron chi connectivity index (χ4n) is 1.56. The first kappa shape index (κ1) is 13.2. The topological polar surface area (TPSA) is 70.5 Å². The normalized spacial score (nSPS) is 11.9. The molecular formula is C12H16N2O3. The minimum absolute atomic E-state index is 0.297. The van der Waals surface area contributed by atoms with Gasteiger partial charge in [0.25, 0.3) is 0 Å². The van der Waals surface area contributed by atoms with Gasteiger partial charge in [0, 0.05) is 26.0 Å². The molecule has 1 amide bonds. The molecule has 0 saturated heterocycles. The Morgan fingerprint density at radius 3 is 2.71 bits per heavy atom. The van der Waals surface area contributed by atoms with Gasteiger partial charge >= 0.3 is 5.97 Å². The SMILES string of the molecule is CCC(C(=O)O)C(=O)N(C)Cc1cccnc1. The second-order valence-electron chi connectivity index (χ2n) is 3.85. The summed E-state index contributed by atoms with van der Waals surface area (Å²) in [6.45, 7) is 2.06. The Morgan fingerprint density at radius 1 is 1.53 bits per heavy atom. The van der Waals surface area contributed by atoms with E-state index < -0.39 is 11.9 Å². The summed E-state index contributed by atoms with van der Waals surface area (Å²) in [5.74, 6) is -2.41. The van der Waals surface area contributed by atoms with Gasteiger partial charge in [-0.2, -0.15) is 0 Å². The van der Waals surface area contributed by atoms with E-state index in [0.29, 0.717) is 13.0 Å². The average molecular weight is 236 g/mol. The number of hydrogen-bond donors (Lipinski definition) is 1. The summed E-state index contributed by atoms with van der Waals surface area (Å²) in [7, 11) is 1.60. The van der Waals surface area contributed by atoms with Gasteiger partial charge in [0.1, 0.15) is 5.92 Å². The van der Waals surface area contributed by atoms with E-state index >= 15 is 0 Å². The number of pyridine rings is 1. The van der Waals surface area contributed by atoms with Crippen LogP contribution >= 0.6 is 0 Å². The van der Waals surface area contributed by atoms with E-state index in [0.717, 1.165) is 5.56 Å². The Balaban J connectivity index is 2.67. The van der Waals surface area contributed by atoms with Gasteiger partial charge in [-0.1, -0.05) is 13.0 Å². The van der Waals surface area contributed by atoms with Crippen molar-refractivity contribution in [2.24, 2.45) is 5.92 Å². The lowest BCUT2D eigenvalue weighted by Crippen LogP contribution is -2.36. The molecule has 1 aromatic heterocycles. The number of nitrogens with zero attached hydrogens (tertiary/aromatic N) is 2. The van der Waals surface area contributed by atoms with Crippen molar-refractivity contribution in [2.45, 2.75) is 19.9 Å². The lowest BCUT2D eigenvalue weighted by molar-refractivity contribution is -0.150. The molecular weight excluding hydrogens is 220 g/mol. The molecule has 0 spiro atoms. The molecule has 0 radical (unpaired) electrons. The summed E-state index contributed by atoms with van der Waals surface area (Å²) in [6, 6.07) is 3.63. The van der Waals surface area contributed by atoms with Crippen molar-refractivity contribution in [3.8, 4) is 0 Å². The fraction of sp³-hybridized carbons (Fsp3) is 0.417. The molecule has 92 valence electrons. The summed E-state index contributed by atoms with van der Waals surface area (Å²) in [4.78, 5) is 28.1. The van der Waals surface area contributed by atoms with Gasteiger partial charge in [0.05, 0.1) is 0 Å². The maximum absolute atomic E-state index is 11.8. The van der Waals surface area contributed by atoms with E-state index in [-0.39, 0.29) is 5.91 Å². The summed E-state index contributed by atoms with van der Waals surface area (Å²) < 4.78 is 0. The number of rotatable bonds is 5. The molecule has 1 rings (SSSR count). The third-order valence-electron chi connectivity index (χ3n) is 2.52. The zero-order valence-electron chi connectivity index (χ0n) is 9.96. The molecule has 17 heavy (non-hydrogen) atoms. The van der Waals surface area contributed by atoms with Gasteiger partial charge in [-0.15, -0.1) is 0 Å². The van der Waals surface area contributed by atoms with Gasteiger partial charge in [-0.05, 0) is 18.1 Å². The van der Waals surface area contributed by atoms with Crippen molar-refractivity contribution in [3.05, 3.63) is 30.1 Å². The van der Waals surface area contributed by atoms with Crippen LogP contribution in [0.5, 0.6) is 0 Å². The van der Waals surface area contributed by atoms with Gasteiger partial charge in [-0.3, -0.25) is 14.6 Å². The fourth-order valence-corrected chi connectivity index (χ4v) is 1.56. The minimum atomic E-state index is -1.07. The number of amides is 1. The molecule has 0 saturated carbocycles. The maximum atomic E-state index is 11.8. The van der Waals surface area contributed by atoms with Gasteiger partial charge < -0.3 is 10.0 Å². The van der Waals surface area contributed by atoms with Gasteiger partial charge in [0.2, 0.25) is 5.91 Å². The number of carbonyl (C=O) groups excluding carboxylic acids is 1. The highest BCUT2D eigenvalue weighted by atomic mass is 16.4. The third-order valence-corrected chi connectivity index (χ3v) is 2.52. The smallest absolute Gasteiger partial charge is 0.316 e. The molecule has 5 nitrogen and oxygen atoms in total. The lowest BCUT2D eigenvalue weighted by atomic mass is 10.1. The van der Waals surface area contributed by atoms with Crippen molar-refractivity contribution >= 4 is 11.9 Å². The molecule has 5 heteroatoms. The second-order valence-corrected chi connectivity index (χ2v) is 3.85. The number of aromatic nitrogens is 1. The predicted octanol–water partition coefficient (Wildman–Crippen LogP) is 1.15. The Morgan fingerprint density at radius 2 is 2.24 bits per heavy atom. The zero-order chi connectivity index (χ0) is 12.8. The van der Waals surface area contributed by atoms with Crippen LogP contribution in [0.25, 0.3) is 0 Å². The number of hydrogen-bond acceptors (Lipinski definition) is 3.